The summed E-state index contributed by atoms with van der Waals surface area (Å²) in [6.45, 7) is -3.11. The lowest BCUT2D eigenvalue weighted by molar-refractivity contribution is 0.908. The number of rotatable bonds is 5. The predicted octanol–water partition coefficient (Wildman–Crippen LogP) is 10.9. The van der Waals surface area contributed by atoms with Gasteiger partial charge >= 0.3 is 0 Å². The standard InChI is InChI=1S/C41H30N2/c1-2-39-42-37-22-12-13-23-38(37)43(39)30-26-24-29(25-27-30)40-33-18-8-10-20-35(33)41(36-21-11-9-19-34(36)40)32-17-7-6-16-31(32)28-14-4-3-5-15-28/h3-27H,2H2,1H3/i1D3,2D2,3D,4D,5D,8D,9D,10D,11D,14D,15D,18D,19D,20D,21D. The molecule has 43 heavy (non-hydrogen) atoms. The zero-order valence-corrected chi connectivity index (χ0v) is 22.3. The van der Waals surface area contributed by atoms with E-state index in [1.165, 1.54) is 41.0 Å². The molecule has 8 rings (SSSR count). The van der Waals surface area contributed by atoms with Crippen molar-refractivity contribution in [3.63, 3.8) is 0 Å². The Balaban J connectivity index is 1.53. The molecular formula is C41H30N2. The third kappa shape index (κ3) is 4.14. The van der Waals surface area contributed by atoms with Crippen LogP contribution in [0.4, 0.5) is 0 Å². The monoisotopic (exact) mass is 568 g/mol. The second kappa shape index (κ2) is 10.4. The van der Waals surface area contributed by atoms with Crippen molar-refractivity contribution in [2.45, 2.75) is 13.2 Å². The number of fused-ring (bicyclic) bond motifs is 3. The summed E-state index contributed by atoms with van der Waals surface area (Å²) < 4.78 is 157. The van der Waals surface area contributed by atoms with Crippen molar-refractivity contribution >= 4 is 32.6 Å². The highest BCUT2D eigenvalue weighted by atomic mass is 15.1. The maximum absolute atomic E-state index is 9.33. The Labute approximate surface area is 276 Å². The van der Waals surface area contributed by atoms with Crippen molar-refractivity contribution in [2.75, 3.05) is 0 Å². The minimum absolute atomic E-state index is 0.00637. The molecule has 7 aromatic carbocycles. The lowest BCUT2D eigenvalue weighted by Gasteiger charge is -2.20. The van der Waals surface area contributed by atoms with E-state index in [-0.39, 0.29) is 60.6 Å². The SMILES string of the molecule is [2H]c1c([2H])c([2H])c(-c2ccccc2-c2c3c([2H])c([2H])c([2H])c([2H])c3c(-c3ccc(-n4c(C([2H])([2H])C([2H])([2H])[2H])nc5ccccc54)cc3)c3c([2H])c([2H])c([2H])c([2H])c23)c([2H])c1[2H]. The first-order chi connectivity index (χ1) is 28.6. The van der Waals surface area contributed by atoms with Gasteiger partial charge in [-0.15, -0.1) is 0 Å². The van der Waals surface area contributed by atoms with Crippen molar-refractivity contribution in [2.24, 2.45) is 0 Å². The van der Waals surface area contributed by atoms with Gasteiger partial charge in [-0.25, -0.2) is 4.98 Å². The summed E-state index contributed by atoms with van der Waals surface area (Å²) in [5.41, 5.74) is 0.958. The van der Waals surface area contributed by atoms with Gasteiger partial charge in [-0.1, -0.05) is 134 Å². The van der Waals surface area contributed by atoms with Gasteiger partial charge in [0.2, 0.25) is 0 Å². The fourth-order valence-electron chi connectivity index (χ4n) is 5.64. The van der Waals surface area contributed by atoms with Gasteiger partial charge < -0.3 is 0 Å². The largest absolute Gasteiger partial charge is 0.296 e. The van der Waals surface area contributed by atoms with Crippen LogP contribution in [-0.2, 0) is 6.37 Å². The molecule has 0 atom stereocenters. The maximum atomic E-state index is 9.33. The second-order valence-corrected chi connectivity index (χ2v) is 9.73. The van der Waals surface area contributed by atoms with Crippen molar-refractivity contribution in [1.29, 1.82) is 0 Å². The molecule has 0 radical (unpaired) electrons. The molecule has 0 bridgehead atoms. The quantitative estimate of drug-likeness (QED) is 0.189. The van der Waals surface area contributed by atoms with Gasteiger partial charge in [0.25, 0.3) is 0 Å². The van der Waals surface area contributed by atoms with Crippen LogP contribution in [-0.4, -0.2) is 9.55 Å². The summed E-state index contributed by atoms with van der Waals surface area (Å²) in [5.74, 6) is -0.400. The van der Waals surface area contributed by atoms with Crippen LogP contribution in [0.2, 0.25) is 0 Å². The Hall–Kier alpha value is -5.47. The first kappa shape index (κ1) is 12.8. The lowest BCUT2D eigenvalue weighted by atomic mass is 9.84. The maximum Gasteiger partial charge on any atom is 0.114 e. The normalized spacial score (nSPS) is 18.0. The Kier molecular flexibility index (Phi) is 3.10. The number of benzene rings is 7. The smallest absolute Gasteiger partial charge is 0.114 e. The molecule has 0 aliphatic rings. The molecule has 0 N–H and O–H groups in total. The van der Waals surface area contributed by atoms with Gasteiger partial charge in [-0.2, -0.15) is 0 Å². The molecule has 0 aliphatic carbocycles. The first-order valence-corrected chi connectivity index (χ1v) is 13.3. The average Bonchev–Trinajstić information content (AvgIpc) is 3.64. The third-order valence-electron chi connectivity index (χ3n) is 7.43. The number of aromatic nitrogens is 2. The van der Waals surface area contributed by atoms with Crippen LogP contribution >= 0.6 is 0 Å². The highest BCUT2D eigenvalue weighted by Gasteiger charge is 2.19. The summed E-state index contributed by atoms with van der Waals surface area (Å²) in [5, 5.41) is -0.628. The molecule has 0 fully saturated rings. The van der Waals surface area contributed by atoms with Gasteiger partial charge in [0.05, 0.1) is 28.9 Å². The molecule has 0 aliphatic heterocycles. The summed E-state index contributed by atoms with van der Waals surface area (Å²) in [6.07, 6.45) is -2.91. The molecule has 2 heteroatoms. The van der Waals surface area contributed by atoms with Gasteiger partial charge in [-0.3, -0.25) is 4.57 Å². The molecule has 204 valence electrons. The van der Waals surface area contributed by atoms with Crippen LogP contribution in [0.15, 0.2) is 151 Å². The van der Waals surface area contributed by atoms with Crippen molar-refractivity contribution in [1.82, 2.24) is 9.55 Å². The molecule has 0 amide bonds. The van der Waals surface area contributed by atoms with E-state index in [0.717, 1.165) is 0 Å². The highest BCUT2D eigenvalue weighted by molar-refractivity contribution is 6.22. The summed E-state index contributed by atoms with van der Waals surface area (Å²) in [7, 11) is 0. The number of hydrogen-bond acceptors (Lipinski definition) is 1. The second-order valence-electron chi connectivity index (χ2n) is 9.73. The molecule has 0 saturated carbocycles. The minimum atomic E-state index is -3.11. The molecule has 1 aromatic heterocycles. The first-order valence-electron chi connectivity index (χ1n) is 22.3. The van der Waals surface area contributed by atoms with Crippen LogP contribution in [0.5, 0.6) is 0 Å². The summed E-state index contributed by atoms with van der Waals surface area (Å²) >= 11 is 0. The van der Waals surface area contributed by atoms with Crippen molar-refractivity contribution in [3.05, 3.63) is 157 Å². The molecule has 1 heterocycles. The Morgan fingerprint density at radius 3 is 1.86 bits per heavy atom. The summed E-state index contributed by atoms with van der Waals surface area (Å²) in [4.78, 5) is 4.37. The third-order valence-corrected chi connectivity index (χ3v) is 7.43. The van der Waals surface area contributed by atoms with E-state index in [0.29, 0.717) is 11.0 Å². The van der Waals surface area contributed by atoms with E-state index in [4.69, 9.17) is 19.2 Å². The average molecular weight is 569 g/mol. The fraction of sp³-hybridized carbons (Fsp3) is 0.0488. The van der Waals surface area contributed by atoms with E-state index in [9.17, 15) is 5.48 Å². The van der Waals surface area contributed by atoms with Gasteiger partial charge in [0, 0.05) is 18.9 Å². The van der Waals surface area contributed by atoms with Crippen molar-refractivity contribution in [3.8, 4) is 39.1 Å². The van der Waals surface area contributed by atoms with E-state index >= 15 is 0 Å². The Morgan fingerprint density at radius 1 is 0.605 bits per heavy atom. The van der Waals surface area contributed by atoms with E-state index in [1.54, 1.807) is 36.4 Å². The van der Waals surface area contributed by atoms with E-state index in [1.807, 2.05) is 0 Å². The van der Waals surface area contributed by atoms with Crippen LogP contribution < -0.4 is 0 Å². The number of para-hydroxylation sites is 2. The van der Waals surface area contributed by atoms with Gasteiger partial charge in [0.15, 0.2) is 0 Å². The van der Waals surface area contributed by atoms with Crippen molar-refractivity contribution < 1.29 is 24.7 Å². The Morgan fingerprint density at radius 2 is 1.19 bits per heavy atom. The van der Waals surface area contributed by atoms with E-state index in [2.05, 4.69) is 4.98 Å². The van der Waals surface area contributed by atoms with Crippen LogP contribution in [0.25, 0.3) is 71.6 Å². The van der Waals surface area contributed by atoms with Gasteiger partial charge in [0.1, 0.15) is 5.82 Å². The minimum Gasteiger partial charge on any atom is -0.296 e. The number of nitrogens with zero attached hydrogens (tertiary/aromatic N) is 2. The van der Waals surface area contributed by atoms with Crippen LogP contribution in [0, 0.1) is 0 Å². The topological polar surface area (TPSA) is 17.8 Å². The number of aryl methyl sites for hydroxylation is 1. The molecular weight excluding hydrogens is 520 g/mol. The lowest BCUT2D eigenvalue weighted by Crippen LogP contribution is -2.00. The van der Waals surface area contributed by atoms with E-state index < -0.39 is 97.6 Å². The zero-order valence-electron chi connectivity index (χ0n) is 40.3. The molecule has 2 nitrogen and oxygen atoms in total. The van der Waals surface area contributed by atoms with Crippen LogP contribution in [0.1, 0.15) is 37.3 Å². The number of imidazole rings is 1. The van der Waals surface area contributed by atoms with Gasteiger partial charge in [-0.05, 0) is 79.2 Å². The Bertz CT molecular complexity index is 3080. The molecule has 0 unspecified atom stereocenters. The molecule has 0 spiro atoms. The van der Waals surface area contributed by atoms with Crippen LogP contribution in [0.3, 0.4) is 0 Å². The predicted molar refractivity (Wildman–Crippen MR) is 182 cm³/mol. The molecule has 0 saturated heterocycles. The summed E-state index contributed by atoms with van der Waals surface area (Å²) in [6, 6.07) is 10.8. The zero-order chi connectivity index (χ0) is 44.4. The fourth-order valence-corrected chi connectivity index (χ4v) is 5.64. The number of hydrogen-bond donors (Lipinski definition) is 0. The molecule has 8 aromatic rings. The highest BCUT2D eigenvalue weighted by Crippen LogP contribution is 2.46.